The zero-order valence-electron chi connectivity index (χ0n) is 9.49. The maximum Gasteiger partial charge on any atom is 0.0459 e. The van der Waals surface area contributed by atoms with Gasteiger partial charge in [-0.15, -0.1) is 0 Å². The molecular weight excluding hydrogens is 186 g/mol. The summed E-state index contributed by atoms with van der Waals surface area (Å²) in [4.78, 5) is 0. The molecule has 3 saturated carbocycles. The van der Waals surface area contributed by atoms with Crippen LogP contribution >= 0.6 is 0 Å². The van der Waals surface area contributed by atoms with Crippen molar-refractivity contribution in [2.75, 3.05) is 6.61 Å². The molecule has 0 heterocycles. The minimum absolute atomic E-state index is 0.381. The number of fused-ring (bicyclic) bond motifs is 3. The van der Waals surface area contributed by atoms with Gasteiger partial charge < -0.3 is 10.8 Å². The van der Waals surface area contributed by atoms with Crippen LogP contribution in [0.1, 0.15) is 44.9 Å². The first-order valence-electron chi connectivity index (χ1n) is 6.63. The molecule has 1 unspecified atom stereocenters. The van der Waals surface area contributed by atoms with Crippen LogP contribution in [0.5, 0.6) is 0 Å². The minimum Gasteiger partial charge on any atom is -0.396 e. The zero-order chi connectivity index (χ0) is 10.5. The van der Waals surface area contributed by atoms with E-state index in [1.807, 2.05) is 0 Å². The molecule has 86 valence electrons. The van der Waals surface area contributed by atoms with E-state index in [4.69, 9.17) is 5.73 Å². The second kappa shape index (κ2) is 3.46. The summed E-state index contributed by atoms with van der Waals surface area (Å²) in [6, 6.07) is 0.450. The molecule has 15 heavy (non-hydrogen) atoms. The highest BCUT2D eigenvalue weighted by atomic mass is 16.3. The van der Waals surface area contributed by atoms with Gasteiger partial charge in [-0.2, -0.15) is 0 Å². The van der Waals surface area contributed by atoms with Crippen LogP contribution in [0.4, 0.5) is 0 Å². The largest absolute Gasteiger partial charge is 0.396 e. The Morgan fingerprint density at radius 3 is 2.80 bits per heavy atom. The number of aliphatic hydroxyl groups is 1. The van der Waals surface area contributed by atoms with Gasteiger partial charge in [-0.05, 0) is 61.7 Å². The SMILES string of the molecule is N[C@@H]1C2CC[C@@H](C2)[C@]12CCC[C@H](CO)C2. The molecule has 5 atom stereocenters. The summed E-state index contributed by atoms with van der Waals surface area (Å²) in [7, 11) is 0. The summed E-state index contributed by atoms with van der Waals surface area (Å²) in [6.07, 6.45) is 9.25. The molecular formula is C13H23NO. The van der Waals surface area contributed by atoms with Crippen LogP contribution in [0, 0.1) is 23.2 Å². The third-order valence-electron chi connectivity index (χ3n) is 5.64. The molecule has 0 aromatic carbocycles. The van der Waals surface area contributed by atoms with Gasteiger partial charge >= 0.3 is 0 Å². The second-order valence-corrected chi connectivity index (χ2v) is 6.17. The van der Waals surface area contributed by atoms with E-state index in [9.17, 15) is 5.11 Å². The van der Waals surface area contributed by atoms with Crippen LogP contribution in [-0.4, -0.2) is 17.8 Å². The third-order valence-corrected chi connectivity index (χ3v) is 5.64. The van der Waals surface area contributed by atoms with Crippen molar-refractivity contribution in [2.45, 2.75) is 51.0 Å². The van der Waals surface area contributed by atoms with Gasteiger partial charge in [0.1, 0.15) is 0 Å². The van der Waals surface area contributed by atoms with Crippen LogP contribution in [0.2, 0.25) is 0 Å². The first kappa shape index (κ1) is 10.1. The van der Waals surface area contributed by atoms with E-state index in [-0.39, 0.29) is 0 Å². The molecule has 0 radical (unpaired) electrons. The minimum atomic E-state index is 0.381. The summed E-state index contributed by atoms with van der Waals surface area (Å²) in [5.74, 6) is 2.25. The first-order valence-corrected chi connectivity index (χ1v) is 6.63. The number of hydrogen-bond acceptors (Lipinski definition) is 2. The van der Waals surface area contributed by atoms with Crippen molar-refractivity contribution in [3.05, 3.63) is 0 Å². The third kappa shape index (κ3) is 1.31. The van der Waals surface area contributed by atoms with Gasteiger partial charge in [0.2, 0.25) is 0 Å². The Balaban J connectivity index is 1.83. The lowest BCUT2D eigenvalue weighted by molar-refractivity contribution is 0.0292. The van der Waals surface area contributed by atoms with E-state index in [1.54, 1.807) is 0 Å². The fraction of sp³-hybridized carbons (Fsp3) is 1.00. The quantitative estimate of drug-likeness (QED) is 0.693. The van der Waals surface area contributed by atoms with Gasteiger partial charge in [0, 0.05) is 12.6 Å². The summed E-state index contributed by atoms with van der Waals surface area (Å²) in [5.41, 5.74) is 6.90. The lowest BCUT2D eigenvalue weighted by Gasteiger charge is -2.47. The van der Waals surface area contributed by atoms with Gasteiger partial charge in [-0.25, -0.2) is 0 Å². The Morgan fingerprint density at radius 2 is 2.13 bits per heavy atom. The molecule has 0 aromatic rings. The van der Waals surface area contributed by atoms with Gasteiger partial charge in [0.05, 0.1) is 0 Å². The Hall–Kier alpha value is -0.0800. The molecule has 3 rings (SSSR count). The number of hydrogen-bond donors (Lipinski definition) is 2. The Kier molecular flexibility index (Phi) is 2.33. The molecule has 3 N–H and O–H groups in total. The molecule has 0 saturated heterocycles. The molecule has 3 aliphatic carbocycles. The fourth-order valence-electron chi connectivity index (χ4n) is 4.90. The molecule has 0 aromatic heterocycles. The van der Waals surface area contributed by atoms with Gasteiger partial charge in [0.15, 0.2) is 0 Å². The number of rotatable bonds is 1. The van der Waals surface area contributed by atoms with Crippen molar-refractivity contribution >= 4 is 0 Å². The van der Waals surface area contributed by atoms with E-state index in [0.717, 1.165) is 11.8 Å². The van der Waals surface area contributed by atoms with Crippen molar-refractivity contribution in [1.29, 1.82) is 0 Å². The molecule has 3 fully saturated rings. The Morgan fingerprint density at radius 1 is 1.27 bits per heavy atom. The molecule has 0 amide bonds. The standard InChI is InChI=1S/C13H23NO/c14-12-10-3-4-11(6-10)13(12)5-1-2-9(7-13)8-15/h9-12,15H,1-8,14H2/t9-,10?,11-,12+,13+/m0/s1. The predicted molar refractivity (Wildman–Crippen MR) is 60.3 cm³/mol. The molecule has 0 aliphatic heterocycles. The predicted octanol–water partition coefficient (Wildman–Crippen LogP) is 1.91. The van der Waals surface area contributed by atoms with Crippen LogP contribution < -0.4 is 5.73 Å². The van der Waals surface area contributed by atoms with Crippen LogP contribution in [0.3, 0.4) is 0 Å². The van der Waals surface area contributed by atoms with Crippen molar-refractivity contribution < 1.29 is 5.11 Å². The number of nitrogens with two attached hydrogens (primary N) is 1. The first-order chi connectivity index (χ1) is 7.26. The van der Waals surface area contributed by atoms with Crippen molar-refractivity contribution in [3.8, 4) is 0 Å². The molecule has 1 spiro atoms. The summed E-state index contributed by atoms with van der Waals surface area (Å²) in [6.45, 7) is 0.381. The smallest absolute Gasteiger partial charge is 0.0459 e. The highest BCUT2D eigenvalue weighted by molar-refractivity contribution is 5.09. The summed E-state index contributed by atoms with van der Waals surface area (Å²) >= 11 is 0. The van der Waals surface area contributed by atoms with E-state index in [1.165, 1.54) is 44.9 Å². The van der Waals surface area contributed by atoms with E-state index < -0.39 is 0 Å². The molecule has 2 bridgehead atoms. The van der Waals surface area contributed by atoms with Gasteiger partial charge in [-0.3, -0.25) is 0 Å². The Labute approximate surface area is 92.2 Å². The maximum absolute atomic E-state index is 9.35. The summed E-state index contributed by atoms with van der Waals surface area (Å²) < 4.78 is 0. The number of aliphatic hydroxyl groups excluding tert-OH is 1. The zero-order valence-corrected chi connectivity index (χ0v) is 9.49. The average molecular weight is 209 g/mol. The van der Waals surface area contributed by atoms with Gasteiger partial charge in [0.25, 0.3) is 0 Å². The van der Waals surface area contributed by atoms with E-state index >= 15 is 0 Å². The van der Waals surface area contributed by atoms with Crippen LogP contribution in [0.25, 0.3) is 0 Å². The average Bonchev–Trinajstić information content (AvgIpc) is 2.84. The second-order valence-electron chi connectivity index (χ2n) is 6.17. The topological polar surface area (TPSA) is 46.2 Å². The Bertz CT molecular complexity index is 251. The maximum atomic E-state index is 9.35. The molecule has 3 aliphatic rings. The lowest BCUT2D eigenvalue weighted by Crippen LogP contribution is -2.49. The van der Waals surface area contributed by atoms with Gasteiger partial charge in [-0.1, -0.05) is 6.42 Å². The van der Waals surface area contributed by atoms with E-state index in [2.05, 4.69) is 0 Å². The monoisotopic (exact) mass is 209 g/mol. The lowest BCUT2D eigenvalue weighted by atomic mass is 9.60. The molecule has 2 nitrogen and oxygen atoms in total. The summed E-state index contributed by atoms with van der Waals surface area (Å²) in [5, 5.41) is 9.35. The van der Waals surface area contributed by atoms with Crippen molar-refractivity contribution in [3.63, 3.8) is 0 Å². The van der Waals surface area contributed by atoms with E-state index in [0.29, 0.717) is 24.0 Å². The highest BCUT2D eigenvalue weighted by Gasteiger charge is 2.57. The normalized spacial score (nSPS) is 54.0. The fourth-order valence-corrected chi connectivity index (χ4v) is 4.90. The highest BCUT2D eigenvalue weighted by Crippen LogP contribution is 2.61. The molecule has 2 heteroatoms. The van der Waals surface area contributed by atoms with Crippen molar-refractivity contribution in [2.24, 2.45) is 28.9 Å². The van der Waals surface area contributed by atoms with Crippen molar-refractivity contribution in [1.82, 2.24) is 0 Å². The van der Waals surface area contributed by atoms with Crippen LogP contribution in [-0.2, 0) is 0 Å². The van der Waals surface area contributed by atoms with Crippen LogP contribution in [0.15, 0.2) is 0 Å².